The molecule has 0 aliphatic rings. The van der Waals surface area contributed by atoms with Crippen LogP contribution in [0.4, 0.5) is 23.2 Å². The van der Waals surface area contributed by atoms with Gasteiger partial charge in [0.05, 0.1) is 10.8 Å². The summed E-state index contributed by atoms with van der Waals surface area (Å²) < 4.78 is 53.2. The van der Waals surface area contributed by atoms with Gasteiger partial charge >= 0.3 is 12.3 Å². The van der Waals surface area contributed by atoms with E-state index in [-0.39, 0.29) is 5.75 Å². The van der Waals surface area contributed by atoms with E-state index in [0.717, 1.165) is 0 Å². The Balaban J connectivity index is 2.61. The summed E-state index contributed by atoms with van der Waals surface area (Å²) in [5.74, 6) is -4.11. The number of hydrogen-bond donors (Lipinski definition) is 0. The molecule has 2 nitrogen and oxygen atoms in total. The summed E-state index contributed by atoms with van der Waals surface area (Å²) in [7, 11) is 0. The molecule has 92 valence electrons. The number of aliphatic imine (C=N–C) groups is 1. The van der Waals surface area contributed by atoms with Crippen molar-refractivity contribution in [2.75, 3.05) is 6.61 Å². The first-order valence-corrected chi connectivity index (χ1v) is 4.83. The standard InChI is InChI=1S/C10H7F4NOS/c11-9(12)10(13,14)5-16-8-3-1-7(2-4-8)15-6-17/h1-4,9H,5H2. The van der Waals surface area contributed by atoms with Gasteiger partial charge < -0.3 is 4.74 Å². The van der Waals surface area contributed by atoms with Crippen LogP contribution in [-0.2, 0) is 0 Å². The molecule has 0 aliphatic carbocycles. The molecule has 1 aromatic carbocycles. The summed E-state index contributed by atoms with van der Waals surface area (Å²) >= 11 is 4.37. The first kappa shape index (κ1) is 13.6. The zero-order valence-electron chi connectivity index (χ0n) is 8.37. The maximum absolute atomic E-state index is 12.5. The minimum absolute atomic E-state index is 0.0497. The molecule has 0 atom stereocenters. The van der Waals surface area contributed by atoms with Gasteiger partial charge in [-0.25, -0.2) is 8.78 Å². The van der Waals surface area contributed by atoms with Crippen molar-refractivity contribution in [2.45, 2.75) is 12.3 Å². The van der Waals surface area contributed by atoms with Crippen molar-refractivity contribution in [3.8, 4) is 5.75 Å². The number of ether oxygens (including phenoxy) is 1. The molecule has 0 aromatic heterocycles. The zero-order valence-corrected chi connectivity index (χ0v) is 9.19. The first-order valence-electron chi connectivity index (χ1n) is 4.42. The molecule has 17 heavy (non-hydrogen) atoms. The molecule has 0 spiro atoms. The van der Waals surface area contributed by atoms with E-state index in [1.54, 1.807) is 0 Å². The lowest BCUT2D eigenvalue weighted by Gasteiger charge is -2.15. The lowest BCUT2D eigenvalue weighted by molar-refractivity contribution is -0.148. The van der Waals surface area contributed by atoms with Gasteiger partial charge in [-0.05, 0) is 36.5 Å². The van der Waals surface area contributed by atoms with Gasteiger partial charge in [0.15, 0.2) is 6.61 Å². The predicted octanol–water partition coefficient (Wildman–Crippen LogP) is 3.70. The molecule has 0 bridgehead atoms. The fourth-order valence-electron chi connectivity index (χ4n) is 0.912. The normalized spacial score (nSPS) is 11.1. The van der Waals surface area contributed by atoms with Crippen LogP contribution >= 0.6 is 12.2 Å². The lowest BCUT2D eigenvalue weighted by Crippen LogP contribution is -2.33. The highest BCUT2D eigenvalue weighted by Gasteiger charge is 2.41. The molecule has 0 radical (unpaired) electrons. The summed E-state index contributed by atoms with van der Waals surface area (Å²) in [5.41, 5.74) is 0.466. The van der Waals surface area contributed by atoms with Crippen molar-refractivity contribution in [1.29, 1.82) is 0 Å². The van der Waals surface area contributed by atoms with Crippen molar-refractivity contribution in [3.05, 3.63) is 24.3 Å². The Hall–Kier alpha value is -1.46. The van der Waals surface area contributed by atoms with Gasteiger partial charge in [-0.1, -0.05) is 0 Å². The Morgan fingerprint density at radius 1 is 1.29 bits per heavy atom. The Labute approximate surface area is 99.9 Å². The molecule has 0 saturated carbocycles. The predicted molar refractivity (Wildman–Crippen MR) is 57.6 cm³/mol. The smallest absolute Gasteiger partial charge is 0.340 e. The van der Waals surface area contributed by atoms with Gasteiger partial charge in [-0.2, -0.15) is 13.8 Å². The molecule has 1 rings (SSSR count). The lowest BCUT2D eigenvalue weighted by atomic mass is 10.3. The molecule has 0 amide bonds. The SMILES string of the molecule is FC(F)C(F)(F)COc1ccc(N=C=S)cc1. The second-order valence-corrected chi connectivity index (χ2v) is 3.23. The molecule has 0 saturated heterocycles. The molecule has 0 unspecified atom stereocenters. The molecule has 1 aromatic rings. The zero-order chi connectivity index (χ0) is 12.9. The van der Waals surface area contributed by atoms with Crippen molar-refractivity contribution >= 4 is 23.1 Å². The largest absolute Gasteiger partial charge is 0.487 e. The molecule has 0 N–H and O–H groups in total. The van der Waals surface area contributed by atoms with E-state index < -0.39 is 19.0 Å². The van der Waals surface area contributed by atoms with Crippen LogP contribution in [0.1, 0.15) is 0 Å². The fraction of sp³-hybridized carbons (Fsp3) is 0.300. The molecule has 0 heterocycles. The van der Waals surface area contributed by atoms with Gasteiger partial charge in [0.2, 0.25) is 0 Å². The fourth-order valence-corrected chi connectivity index (χ4v) is 1.02. The van der Waals surface area contributed by atoms with Crippen LogP contribution in [0.5, 0.6) is 5.75 Å². The molecular formula is C10H7F4NOS. The molecule has 7 heteroatoms. The Morgan fingerprint density at radius 3 is 2.35 bits per heavy atom. The van der Waals surface area contributed by atoms with Crippen molar-refractivity contribution in [3.63, 3.8) is 0 Å². The maximum atomic E-state index is 12.5. The van der Waals surface area contributed by atoms with Gasteiger partial charge in [-0.3, -0.25) is 0 Å². The number of rotatable bonds is 5. The summed E-state index contributed by atoms with van der Waals surface area (Å²) in [5, 5.41) is 2.12. The van der Waals surface area contributed by atoms with Crippen LogP contribution in [0.25, 0.3) is 0 Å². The number of hydrogen-bond acceptors (Lipinski definition) is 3. The van der Waals surface area contributed by atoms with Crippen LogP contribution in [0, 0.1) is 0 Å². The molecule has 0 fully saturated rings. The highest BCUT2D eigenvalue weighted by Crippen LogP contribution is 2.25. The highest BCUT2D eigenvalue weighted by molar-refractivity contribution is 7.78. The summed E-state index contributed by atoms with van der Waals surface area (Å²) in [6, 6.07) is 5.53. The van der Waals surface area contributed by atoms with Crippen LogP contribution < -0.4 is 4.74 Å². The second-order valence-electron chi connectivity index (χ2n) is 3.05. The van der Waals surface area contributed by atoms with Gasteiger partial charge in [0.1, 0.15) is 5.75 Å². The van der Waals surface area contributed by atoms with E-state index in [1.165, 1.54) is 24.3 Å². The second kappa shape index (κ2) is 5.75. The minimum atomic E-state index is -4.16. The van der Waals surface area contributed by atoms with E-state index in [2.05, 4.69) is 27.1 Å². The Kier molecular flexibility index (Phi) is 4.60. The summed E-state index contributed by atoms with van der Waals surface area (Å²) in [6.07, 6.45) is -3.75. The third-order valence-corrected chi connectivity index (χ3v) is 1.85. The van der Waals surface area contributed by atoms with Gasteiger partial charge in [-0.15, -0.1) is 0 Å². The first-order chi connectivity index (χ1) is 7.95. The van der Waals surface area contributed by atoms with Crippen molar-refractivity contribution in [2.24, 2.45) is 4.99 Å². The van der Waals surface area contributed by atoms with Crippen molar-refractivity contribution < 1.29 is 22.3 Å². The monoisotopic (exact) mass is 265 g/mol. The van der Waals surface area contributed by atoms with Crippen LogP contribution in [-0.4, -0.2) is 24.1 Å². The van der Waals surface area contributed by atoms with E-state index in [9.17, 15) is 17.6 Å². The minimum Gasteiger partial charge on any atom is -0.487 e. The topological polar surface area (TPSA) is 21.6 Å². The van der Waals surface area contributed by atoms with Gasteiger partial charge in [0, 0.05) is 0 Å². The van der Waals surface area contributed by atoms with Gasteiger partial charge in [0.25, 0.3) is 0 Å². The third kappa shape index (κ3) is 4.13. The number of thiocarbonyl (C=S) groups is 1. The summed E-state index contributed by atoms with van der Waals surface area (Å²) in [6.45, 7) is -1.37. The number of isothiocyanates is 1. The highest BCUT2D eigenvalue weighted by atomic mass is 32.1. The average Bonchev–Trinajstić information content (AvgIpc) is 2.28. The average molecular weight is 265 g/mol. The van der Waals surface area contributed by atoms with Crippen LogP contribution in [0.3, 0.4) is 0 Å². The van der Waals surface area contributed by atoms with E-state index in [0.29, 0.717) is 5.69 Å². The quantitative estimate of drug-likeness (QED) is 0.460. The molecule has 0 aliphatic heterocycles. The van der Waals surface area contributed by atoms with Crippen molar-refractivity contribution in [1.82, 2.24) is 0 Å². The summed E-state index contributed by atoms with van der Waals surface area (Å²) in [4.78, 5) is 3.63. The number of halogens is 4. The number of alkyl halides is 4. The Morgan fingerprint density at radius 2 is 1.88 bits per heavy atom. The van der Waals surface area contributed by atoms with Crippen LogP contribution in [0.15, 0.2) is 29.3 Å². The van der Waals surface area contributed by atoms with E-state index >= 15 is 0 Å². The Bertz CT molecular complexity index is 415. The third-order valence-electron chi connectivity index (χ3n) is 1.76. The molecular weight excluding hydrogens is 258 g/mol. The van der Waals surface area contributed by atoms with Crippen LogP contribution in [0.2, 0.25) is 0 Å². The number of benzene rings is 1. The number of nitrogens with zero attached hydrogens (tertiary/aromatic N) is 1. The van der Waals surface area contributed by atoms with E-state index in [1.807, 2.05) is 0 Å². The van der Waals surface area contributed by atoms with E-state index in [4.69, 9.17) is 0 Å². The maximum Gasteiger partial charge on any atom is 0.340 e.